The molecule has 0 spiro atoms. The van der Waals surface area contributed by atoms with Crippen LogP contribution < -0.4 is 5.32 Å². The van der Waals surface area contributed by atoms with Gasteiger partial charge in [0.2, 0.25) is 0 Å². The molecule has 1 saturated carbocycles. The third kappa shape index (κ3) is 3.02. The summed E-state index contributed by atoms with van der Waals surface area (Å²) in [5.74, 6) is 0.918. The lowest BCUT2D eigenvalue weighted by Crippen LogP contribution is -2.22. The molecule has 0 saturated heterocycles. The standard InChI is InChI=1S/C9H17N/c1-3-10-8(2)4-5-9-6-7-9/h4-5,8-10H,3,6-7H2,1-2H3/b5-4+. The lowest BCUT2D eigenvalue weighted by Gasteiger charge is -2.04. The van der Waals surface area contributed by atoms with Gasteiger partial charge in [0.1, 0.15) is 0 Å². The van der Waals surface area contributed by atoms with Gasteiger partial charge >= 0.3 is 0 Å². The number of rotatable bonds is 4. The molecular formula is C9H17N. The zero-order valence-electron chi connectivity index (χ0n) is 6.93. The van der Waals surface area contributed by atoms with Crippen molar-refractivity contribution in [2.24, 2.45) is 5.92 Å². The van der Waals surface area contributed by atoms with Gasteiger partial charge in [-0.25, -0.2) is 0 Å². The summed E-state index contributed by atoms with van der Waals surface area (Å²) in [5, 5.41) is 3.34. The van der Waals surface area contributed by atoms with Gasteiger partial charge in [0.05, 0.1) is 0 Å². The molecule has 0 aliphatic heterocycles. The Bertz CT molecular complexity index is 114. The Hall–Kier alpha value is -0.300. The summed E-state index contributed by atoms with van der Waals surface area (Å²) in [4.78, 5) is 0. The second-order valence-electron chi connectivity index (χ2n) is 3.07. The van der Waals surface area contributed by atoms with Crippen molar-refractivity contribution in [3.63, 3.8) is 0 Å². The molecule has 1 aliphatic rings. The minimum atomic E-state index is 0.561. The molecule has 0 aromatic carbocycles. The fourth-order valence-electron chi connectivity index (χ4n) is 1.00. The molecule has 1 aliphatic carbocycles. The van der Waals surface area contributed by atoms with Crippen LogP contribution in [0.3, 0.4) is 0 Å². The van der Waals surface area contributed by atoms with Gasteiger partial charge in [-0.2, -0.15) is 0 Å². The first-order chi connectivity index (χ1) is 4.83. The van der Waals surface area contributed by atoms with E-state index in [0.29, 0.717) is 6.04 Å². The molecule has 0 amide bonds. The minimum Gasteiger partial charge on any atom is -0.311 e. The van der Waals surface area contributed by atoms with Crippen LogP contribution >= 0.6 is 0 Å². The maximum Gasteiger partial charge on any atom is 0.0221 e. The van der Waals surface area contributed by atoms with Gasteiger partial charge in [-0.3, -0.25) is 0 Å². The van der Waals surface area contributed by atoms with Crippen molar-refractivity contribution in [2.45, 2.75) is 32.7 Å². The van der Waals surface area contributed by atoms with Crippen LogP contribution in [0, 0.1) is 5.92 Å². The molecule has 0 aromatic rings. The van der Waals surface area contributed by atoms with Gasteiger partial charge < -0.3 is 5.32 Å². The maximum atomic E-state index is 3.34. The molecule has 1 rings (SSSR count). The number of nitrogens with one attached hydrogen (secondary N) is 1. The SMILES string of the molecule is CCNC(C)/C=C/C1CC1. The molecule has 0 aromatic heterocycles. The van der Waals surface area contributed by atoms with E-state index in [2.05, 4.69) is 31.3 Å². The molecule has 1 fully saturated rings. The largest absolute Gasteiger partial charge is 0.311 e. The summed E-state index contributed by atoms with van der Waals surface area (Å²) in [7, 11) is 0. The molecule has 1 atom stereocenters. The first kappa shape index (κ1) is 7.80. The van der Waals surface area contributed by atoms with E-state index in [0.717, 1.165) is 12.5 Å². The predicted octanol–water partition coefficient (Wildman–Crippen LogP) is 1.95. The van der Waals surface area contributed by atoms with Crippen LogP contribution in [0.5, 0.6) is 0 Å². The second-order valence-corrected chi connectivity index (χ2v) is 3.07. The molecule has 1 nitrogen and oxygen atoms in total. The van der Waals surface area contributed by atoms with Crippen LogP contribution in [0.1, 0.15) is 26.7 Å². The van der Waals surface area contributed by atoms with E-state index in [1.165, 1.54) is 12.8 Å². The highest BCUT2D eigenvalue weighted by Gasteiger charge is 2.17. The van der Waals surface area contributed by atoms with E-state index in [9.17, 15) is 0 Å². The fourth-order valence-corrected chi connectivity index (χ4v) is 1.00. The Morgan fingerprint density at radius 1 is 1.60 bits per heavy atom. The zero-order chi connectivity index (χ0) is 7.40. The number of hydrogen-bond donors (Lipinski definition) is 1. The predicted molar refractivity (Wildman–Crippen MR) is 45.0 cm³/mol. The first-order valence-corrected chi connectivity index (χ1v) is 4.24. The van der Waals surface area contributed by atoms with Gasteiger partial charge in [-0.15, -0.1) is 0 Å². The number of likely N-dealkylation sites (N-methyl/N-ethyl adjacent to an activating group) is 1. The van der Waals surface area contributed by atoms with Crippen molar-refractivity contribution in [2.75, 3.05) is 6.54 Å². The van der Waals surface area contributed by atoms with E-state index < -0.39 is 0 Å². The molecule has 1 unspecified atom stereocenters. The summed E-state index contributed by atoms with van der Waals surface area (Å²) in [6, 6.07) is 0.561. The molecule has 58 valence electrons. The average Bonchev–Trinajstić information content (AvgIpc) is 2.67. The van der Waals surface area contributed by atoms with Crippen LogP contribution in [0.2, 0.25) is 0 Å². The van der Waals surface area contributed by atoms with Crippen molar-refractivity contribution < 1.29 is 0 Å². The summed E-state index contributed by atoms with van der Waals surface area (Å²) in [5.41, 5.74) is 0. The third-order valence-corrected chi connectivity index (χ3v) is 1.82. The molecule has 0 bridgehead atoms. The van der Waals surface area contributed by atoms with Crippen molar-refractivity contribution >= 4 is 0 Å². The molecule has 10 heavy (non-hydrogen) atoms. The highest BCUT2D eigenvalue weighted by Crippen LogP contribution is 2.30. The van der Waals surface area contributed by atoms with E-state index in [4.69, 9.17) is 0 Å². The van der Waals surface area contributed by atoms with Crippen LogP contribution in [0.15, 0.2) is 12.2 Å². The highest BCUT2D eigenvalue weighted by molar-refractivity contribution is 4.99. The van der Waals surface area contributed by atoms with Gasteiger partial charge in [-0.05, 0) is 32.2 Å². The summed E-state index contributed by atoms with van der Waals surface area (Å²) in [6.45, 7) is 5.40. The van der Waals surface area contributed by atoms with Crippen LogP contribution in [0.4, 0.5) is 0 Å². The van der Waals surface area contributed by atoms with Crippen LogP contribution in [-0.2, 0) is 0 Å². The van der Waals surface area contributed by atoms with Gasteiger partial charge in [0, 0.05) is 6.04 Å². The minimum absolute atomic E-state index is 0.561. The maximum absolute atomic E-state index is 3.34. The molecular weight excluding hydrogens is 122 g/mol. The normalized spacial score (nSPS) is 21.8. The second kappa shape index (κ2) is 3.77. The van der Waals surface area contributed by atoms with E-state index in [1.807, 2.05) is 0 Å². The van der Waals surface area contributed by atoms with Crippen molar-refractivity contribution in [1.29, 1.82) is 0 Å². The lowest BCUT2D eigenvalue weighted by atomic mass is 10.2. The Morgan fingerprint density at radius 2 is 2.30 bits per heavy atom. The quantitative estimate of drug-likeness (QED) is 0.587. The molecule has 1 heteroatoms. The Morgan fingerprint density at radius 3 is 2.80 bits per heavy atom. The number of hydrogen-bond acceptors (Lipinski definition) is 1. The van der Waals surface area contributed by atoms with Gasteiger partial charge in [0.15, 0.2) is 0 Å². The summed E-state index contributed by atoms with van der Waals surface area (Å²) >= 11 is 0. The topological polar surface area (TPSA) is 12.0 Å². The first-order valence-electron chi connectivity index (χ1n) is 4.24. The Kier molecular flexibility index (Phi) is 2.94. The smallest absolute Gasteiger partial charge is 0.0221 e. The molecule has 0 heterocycles. The van der Waals surface area contributed by atoms with E-state index in [1.54, 1.807) is 0 Å². The van der Waals surface area contributed by atoms with Gasteiger partial charge in [-0.1, -0.05) is 19.1 Å². The fraction of sp³-hybridized carbons (Fsp3) is 0.778. The van der Waals surface area contributed by atoms with Crippen molar-refractivity contribution in [1.82, 2.24) is 5.32 Å². The van der Waals surface area contributed by atoms with E-state index >= 15 is 0 Å². The van der Waals surface area contributed by atoms with Crippen molar-refractivity contribution in [3.8, 4) is 0 Å². The summed E-state index contributed by atoms with van der Waals surface area (Å²) < 4.78 is 0. The third-order valence-electron chi connectivity index (χ3n) is 1.82. The monoisotopic (exact) mass is 139 g/mol. The van der Waals surface area contributed by atoms with Crippen molar-refractivity contribution in [3.05, 3.63) is 12.2 Å². The zero-order valence-corrected chi connectivity index (χ0v) is 6.93. The van der Waals surface area contributed by atoms with E-state index in [-0.39, 0.29) is 0 Å². The van der Waals surface area contributed by atoms with Crippen LogP contribution in [-0.4, -0.2) is 12.6 Å². The average molecular weight is 139 g/mol. The molecule has 1 N–H and O–H groups in total. The highest BCUT2D eigenvalue weighted by atomic mass is 14.9. The number of allylic oxidation sites excluding steroid dienone is 1. The van der Waals surface area contributed by atoms with Gasteiger partial charge in [0.25, 0.3) is 0 Å². The lowest BCUT2D eigenvalue weighted by molar-refractivity contribution is 0.658. The molecule has 0 radical (unpaired) electrons. The Labute approximate surface area is 63.5 Å². The van der Waals surface area contributed by atoms with Crippen LogP contribution in [0.25, 0.3) is 0 Å². The Balaban J connectivity index is 2.08. The summed E-state index contributed by atoms with van der Waals surface area (Å²) in [6.07, 6.45) is 7.44.